The van der Waals surface area contributed by atoms with Crippen molar-refractivity contribution in [2.45, 2.75) is 44.4 Å². The molecule has 10 heteroatoms. The summed E-state index contributed by atoms with van der Waals surface area (Å²) in [6.07, 6.45) is -2.27. The highest BCUT2D eigenvalue weighted by Crippen LogP contribution is 2.32. The van der Waals surface area contributed by atoms with Crippen LogP contribution in [0.4, 0.5) is 19.0 Å². The molecule has 24 heavy (non-hydrogen) atoms. The van der Waals surface area contributed by atoms with Crippen molar-refractivity contribution in [3.8, 4) is 0 Å². The van der Waals surface area contributed by atoms with E-state index in [4.69, 9.17) is 0 Å². The lowest BCUT2D eigenvalue weighted by molar-refractivity contribution is -0.144. The molecular formula is C14H15F3N6O. The van der Waals surface area contributed by atoms with Gasteiger partial charge in [-0.15, -0.1) is 5.10 Å². The number of nitrogens with zero attached hydrogens (tertiary/aromatic N) is 5. The molecule has 1 N–H and O–H groups in total. The van der Waals surface area contributed by atoms with Crippen LogP contribution in [-0.4, -0.2) is 49.0 Å². The molecule has 0 bridgehead atoms. The monoisotopic (exact) mass is 340 g/mol. The van der Waals surface area contributed by atoms with Crippen LogP contribution in [0.2, 0.25) is 0 Å². The highest BCUT2D eigenvalue weighted by atomic mass is 19.4. The van der Waals surface area contributed by atoms with E-state index in [-0.39, 0.29) is 17.7 Å². The molecule has 1 unspecified atom stereocenters. The maximum Gasteiger partial charge on any atom is 0.453 e. The molecule has 1 aliphatic carbocycles. The maximum atomic E-state index is 12.8. The zero-order valence-corrected chi connectivity index (χ0v) is 12.8. The highest BCUT2D eigenvalue weighted by Gasteiger charge is 2.40. The first-order valence-electron chi connectivity index (χ1n) is 7.69. The summed E-state index contributed by atoms with van der Waals surface area (Å²) in [6, 6.07) is 1.76. The minimum Gasteiger partial charge on any atom is -0.365 e. The predicted octanol–water partition coefficient (Wildman–Crippen LogP) is 1.63. The number of carbonyl (C=O) groups excluding carboxylic acids is 1. The average Bonchev–Trinajstić information content (AvgIpc) is 3.11. The molecule has 1 aliphatic heterocycles. The van der Waals surface area contributed by atoms with Gasteiger partial charge in [0.05, 0.1) is 6.04 Å². The Morgan fingerprint density at radius 3 is 2.71 bits per heavy atom. The number of anilines is 1. The number of aromatic nitrogens is 4. The number of nitrogens with one attached hydrogen (secondary N) is 1. The van der Waals surface area contributed by atoms with Crippen molar-refractivity contribution in [1.82, 2.24) is 24.5 Å². The third kappa shape index (κ3) is 2.65. The summed E-state index contributed by atoms with van der Waals surface area (Å²) < 4.78 is 39.5. The Balaban J connectivity index is 1.63. The quantitative estimate of drug-likeness (QED) is 0.919. The van der Waals surface area contributed by atoms with Crippen molar-refractivity contribution in [3.05, 3.63) is 17.6 Å². The zero-order valence-electron chi connectivity index (χ0n) is 12.8. The Morgan fingerprint density at radius 1 is 1.29 bits per heavy atom. The molecule has 4 rings (SSSR count). The summed E-state index contributed by atoms with van der Waals surface area (Å²) in [4.78, 5) is 21.3. The van der Waals surface area contributed by atoms with E-state index in [1.807, 2.05) is 4.90 Å². The number of hydrogen-bond acceptors (Lipinski definition) is 5. The first-order chi connectivity index (χ1) is 11.3. The molecule has 2 fully saturated rings. The summed E-state index contributed by atoms with van der Waals surface area (Å²) >= 11 is 0. The maximum absolute atomic E-state index is 12.8. The van der Waals surface area contributed by atoms with Gasteiger partial charge in [0.1, 0.15) is 5.82 Å². The minimum absolute atomic E-state index is 0.0755. The fraction of sp³-hybridized carbons (Fsp3) is 0.571. The summed E-state index contributed by atoms with van der Waals surface area (Å²) in [5.74, 6) is -0.915. The van der Waals surface area contributed by atoms with E-state index in [2.05, 4.69) is 20.4 Å². The van der Waals surface area contributed by atoms with E-state index in [1.165, 1.54) is 0 Å². The second kappa shape index (κ2) is 5.05. The molecular weight excluding hydrogens is 325 g/mol. The van der Waals surface area contributed by atoms with Crippen molar-refractivity contribution in [2.24, 2.45) is 0 Å². The number of fused-ring (bicyclic) bond motifs is 1. The molecule has 7 nitrogen and oxygen atoms in total. The number of hydrogen-bond donors (Lipinski definition) is 1. The highest BCUT2D eigenvalue weighted by molar-refractivity contribution is 5.80. The van der Waals surface area contributed by atoms with Crippen molar-refractivity contribution in [1.29, 1.82) is 0 Å². The third-order valence-corrected chi connectivity index (χ3v) is 4.19. The Kier molecular flexibility index (Phi) is 3.19. The number of likely N-dealkylation sites (tertiary alicyclic amines) is 1. The largest absolute Gasteiger partial charge is 0.453 e. The number of carbonyl (C=O) groups is 1. The van der Waals surface area contributed by atoms with Crippen molar-refractivity contribution in [3.63, 3.8) is 0 Å². The van der Waals surface area contributed by atoms with Gasteiger partial charge < -0.3 is 10.2 Å². The van der Waals surface area contributed by atoms with E-state index < -0.39 is 12.0 Å². The van der Waals surface area contributed by atoms with Gasteiger partial charge in [0.15, 0.2) is 0 Å². The number of rotatable bonds is 3. The molecule has 2 aromatic rings. The summed E-state index contributed by atoms with van der Waals surface area (Å²) in [5.41, 5.74) is 0.523. The Labute approximate surface area is 134 Å². The van der Waals surface area contributed by atoms with Crippen LogP contribution in [0.5, 0.6) is 0 Å². The van der Waals surface area contributed by atoms with E-state index in [9.17, 15) is 18.0 Å². The molecule has 1 saturated heterocycles. The second-order valence-corrected chi connectivity index (χ2v) is 6.25. The van der Waals surface area contributed by atoms with Gasteiger partial charge in [-0.3, -0.25) is 4.79 Å². The molecule has 1 saturated carbocycles. The van der Waals surface area contributed by atoms with E-state index in [0.717, 1.165) is 17.4 Å². The molecule has 0 aromatic carbocycles. The van der Waals surface area contributed by atoms with Gasteiger partial charge in [-0.1, -0.05) is 0 Å². The molecule has 1 amide bonds. The van der Waals surface area contributed by atoms with Gasteiger partial charge >= 0.3 is 6.18 Å². The van der Waals surface area contributed by atoms with Crippen LogP contribution in [0, 0.1) is 6.92 Å². The molecule has 2 aliphatic rings. The van der Waals surface area contributed by atoms with Crippen LogP contribution in [-0.2, 0) is 11.0 Å². The fourth-order valence-electron chi connectivity index (χ4n) is 2.99. The Bertz CT molecular complexity index is 813. The van der Waals surface area contributed by atoms with Gasteiger partial charge in [-0.25, -0.2) is 4.98 Å². The Hall–Kier alpha value is -2.39. The standard InChI is InChI=1S/C14H15F3N6O/c1-7-4-10(19-8-5-11(24)22(6-8)9-2-3-9)23-13(18-7)20-12(21-23)14(15,16)17/h4,8-9,19H,2-3,5-6H2,1H3. The molecule has 128 valence electrons. The van der Waals surface area contributed by atoms with Crippen LogP contribution < -0.4 is 5.32 Å². The van der Waals surface area contributed by atoms with E-state index in [0.29, 0.717) is 30.5 Å². The summed E-state index contributed by atoms with van der Waals surface area (Å²) in [7, 11) is 0. The normalized spacial score (nSPS) is 21.8. The molecule has 0 spiro atoms. The first kappa shape index (κ1) is 15.2. The van der Waals surface area contributed by atoms with Crippen molar-refractivity contribution < 1.29 is 18.0 Å². The van der Waals surface area contributed by atoms with Gasteiger partial charge in [0.25, 0.3) is 11.6 Å². The molecule has 0 radical (unpaired) electrons. The van der Waals surface area contributed by atoms with Gasteiger partial charge in [-0.2, -0.15) is 22.7 Å². The van der Waals surface area contributed by atoms with Gasteiger partial charge in [-0.05, 0) is 19.8 Å². The molecule has 3 heterocycles. The smallest absolute Gasteiger partial charge is 0.365 e. The number of alkyl halides is 3. The lowest BCUT2D eigenvalue weighted by atomic mass is 10.2. The first-order valence-corrected chi connectivity index (χ1v) is 7.69. The zero-order chi connectivity index (χ0) is 17.1. The number of aryl methyl sites for hydroxylation is 1. The van der Waals surface area contributed by atoms with E-state index >= 15 is 0 Å². The SMILES string of the molecule is Cc1cc(NC2CC(=O)N(C3CC3)C2)n2nc(C(F)(F)F)nc2n1. The van der Waals surface area contributed by atoms with Crippen LogP contribution in [0.3, 0.4) is 0 Å². The lowest BCUT2D eigenvalue weighted by Gasteiger charge is -2.17. The molecule has 2 aromatic heterocycles. The van der Waals surface area contributed by atoms with Crippen LogP contribution in [0.1, 0.15) is 30.8 Å². The van der Waals surface area contributed by atoms with Crippen LogP contribution in [0.25, 0.3) is 5.78 Å². The van der Waals surface area contributed by atoms with Crippen LogP contribution in [0.15, 0.2) is 6.07 Å². The Morgan fingerprint density at radius 2 is 2.04 bits per heavy atom. The predicted molar refractivity (Wildman–Crippen MR) is 77.3 cm³/mol. The van der Waals surface area contributed by atoms with E-state index in [1.54, 1.807) is 13.0 Å². The topological polar surface area (TPSA) is 75.4 Å². The lowest BCUT2D eigenvalue weighted by Crippen LogP contribution is -2.30. The van der Waals surface area contributed by atoms with Gasteiger partial charge in [0.2, 0.25) is 5.91 Å². The summed E-state index contributed by atoms with van der Waals surface area (Å²) in [5, 5.41) is 6.63. The molecule has 1 atom stereocenters. The number of halogens is 3. The average molecular weight is 340 g/mol. The van der Waals surface area contributed by atoms with Crippen molar-refractivity contribution in [2.75, 3.05) is 11.9 Å². The van der Waals surface area contributed by atoms with Gasteiger partial charge in [0, 0.05) is 30.8 Å². The summed E-state index contributed by atoms with van der Waals surface area (Å²) in [6.45, 7) is 2.22. The third-order valence-electron chi connectivity index (χ3n) is 4.19. The fourth-order valence-corrected chi connectivity index (χ4v) is 2.99. The second-order valence-electron chi connectivity index (χ2n) is 6.25. The van der Waals surface area contributed by atoms with Crippen molar-refractivity contribution >= 4 is 17.5 Å². The minimum atomic E-state index is -4.63. The number of amides is 1. The van der Waals surface area contributed by atoms with Crippen LogP contribution >= 0.6 is 0 Å².